The molecule has 0 bridgehead atoms. The average Bonchev–Trinajstić information content (AvgIpc) is 3.15. The predicted octanol–water partition coefficient (Wildman–Crippen LogP) is 3.46. The normalized spacial score (nSPS) is 25.8. The van der Waals surface area contributed by atoms with Crippen molar-refractivity contribution in [2.75, 3.05) is 19.7 Å². The molecule has 2 fully saturated rings. The Morgan fingerprint density at radius 3 is 2.81 bits per heavy atom. The van der Waals surface area contributed by atoms with Crippen LogP contribution in [0.15, 0.2) is 42.0 Å². The first-order chi connectivity index (χ1) is 13.0. The number of hydrogen-bond donors (Lipinski definition) is 0. The van der Waals surface area contributed by atoms with E-state index in [-0.39, 0.29) is 29.1 Å². The molecular formula is C22H28N2O3. The van der Waals surface area contributed by atoms with Crippen LogP contribution in [0.4, 0.5) is 0 Å². The molecule has 27 heavy (non-hydrogen) atoms. The van der Waals surface area contributed by atoms with Crippen LogP contribution in [-0.2, 0) is 20.9 Å². The van der Waals surface area contributed by atoms with Gasteiger partial charge in [0.15, 0.2) is 0 Å². The highest BCUT2D eigenvalue weighted by Crippen LogP contribution is 2.38. The van der Waals surface area contributed by atoms with Crippen molar-refractivity contribution in [3.05, 3.63) is 47.5 Å². The number of amides is 1. The van der Waals surface area contributed by atoms with Crippen LogP contribution in [0.1, 0.15) is 38.7 Å². The Labute approximate surface area is 161 Å². The van der Waals surface area contributed by atoms with Gasteiger partial charge >= 0.3 is 0 Å². The fraction of sp³-hybridized carbons (Fsp3) is 0.545. The second-order valence-electron chi connectivity index (χ2n) is 7.74. The third-order valence-electron chi connectivity index (χ3n) is 5.34. The third kappa shape index (κ3) is 4.58. The number of carbonyl (C=O) groups is 1. The summed E-state index contributed by atoms with van der Waals surface area (Å²) in [6, 6.07) is 12.1. The molecule has 5 nitrogen and oxygen atoms in total. The number of hydrogen-bond acceptors (Lipinski definition) is 4. The molecule has 0 aliphatic carbocycles. The van der Waals surface area contributed by atoms with Gasteiger partial charge in [0.1, 0.15) is 17.7 Å². The number of benzene rings is 1. The van der Waals surface area contributed by atoms with Gasteiger partial charge in [-0.25, -0.2) is 0 Å². The Hall–Kier alpha value is -2.16. The van der Waals surface area contributed by atoms with Gasteiger partial charge in [-0.3, -0.25) is 4.79 Å². The second kappa shape index (κ2) is 8.69. The van der Waals surface area contributed by atoms with Crippen molar-refractivity contribution in [1.82, 2.24) is 4.90 Å². The van der Waals surface area contributed by atoms with Crippen molar-refractivity contribution < 1.29 is 14.3 Å². The molecule has 0 radical (unpaired) electrons. The number of nitriles is 1. The minimum Gasteiger partial charge on any atom is -0.372 e. The van der Waals surface area contributed by atoms with E-state index >= 15 is 0 Å². The van der Waals surface area contributed by atoms with Crippen LogP contribution in [-0.4, -0.2) is 42.2 Å². The van der Waals surface area contributed by atoms with Gasteiger partial charge < -0.3 is 14.4 Å². The predicted molar refractivity (Wildman–Crippen MR) is 103 cm³/mol. The molecular weight excluding hydrogens is 340 g/mol. The van der Waals surface area contributed by atoms with E-state index in [9.17, 15) is 10.1 Å². The average molecular weight is 368 g/mol. The highest BCUT2D eigenvalue weighted by atomic mass is 16.6. The number of carbonyl (C=O) groups excluding carboxylic acids is 1. The lowest BCUT2D eigenvalue weighted by Gasteiger charge is -2.44. The summed E-state index contributed by atoms with van der Waals surface area (Å²) in [4.78, 5) is 14.6. The van der Waals surface area contributed by atoms with Crippen molar-refractivity contribution in [3.63, 3.8) is 0 Å². The van der Waals surface area contributed by atoms with Gasteiger partial charge in [0, 0.05) is 13.2 Å². The van der Waals surface area contributed by atoms with Crippen LogP contribution in [0.5, 0.6) is 0 Å². The van der Waals surface area contributed by atoms with Gasteiger partial charge in [0.2, 0.25) is 0 Å². The molecule has 2 saturated heterocycles. The van der Waals surface area contributed by atoms with Crippen molar-refractivity contribution in [3.8, 4) is 6.07 Å². The maximum Gasteiger partial charge on any atom is 0.264 e. The van der Waals surface area contributed by atoms with E-state index in [1.165, 1.54) is 0 Å². The molecule has 2 atom stereocenters. The topological polar surface area (TPSA) is 62.6 Å². The molecule has 1 spiro atoms. The maximum absolute atomic E-state index is 12.8. The molecule has 0 saturated carbocycles. The van der Waals surface area contributed by atoms with Gasteiger partial charge in [0.05, 0.1) is 18.8 Å². The first-order valence-corrected chi connectivity index (χ1v) is 9.75. The summed E-state index contributed by atoms with van der Waals surface area (Å²) in [5.74, 6) is -0.0459. The van der Waals surface area contributed by atoms with Crippen molar-refractivity contribution in [1.29, 1.82) is 5.26 Å². The van der Waals surface area contributed by atoms with Crippen LogP contribution in [0.3, 0.4) is 0 Å². The first kappa shape index (κ1) is 19.6. The fourth-order valence-electron chi connectivity index (χ4n) is 3.93. The van der Waals surface area contributed by atoms with E-state index in [1.54, 1.807) is 11.0 Å². The number of likely N-dealkylation sites (tertiary alicyclic amines) is 1. The number of allylic oxidation sites excluding steroid dienone is 1. The van der Waals surface area contributed by atoms with Crippen LogP contribution >= 0.6 is 0 Å². The van der Waals surface area contributed by atoms with Crippen LogP contribution in [0.2, 0.25) is 0 Å². The smallest absolute Gasteiger partial charge is 0.264 e. The molecule has 3 rings (SSSR count). The van der Waals surface area contributed by atoms with Gasteiger partial charge in [-0.1, -0.05) is 50.3 Å². The fourth-order valence-corrected chi connectivity index (χ4v) is 3.93. The summed E-state index contributed by atoms with van der Waals surface area (Å²) in [7, 11) is 0. The third-order valence-corrected chi connectivity index (χ3v) is 5.34. The molecule has 2 heterocycles. The van der Waals surface area contributed by atoms with Crippen molar-refractivity contribution in [2.45, 2.75) is 51.4 Å². The highest BCUT2D eigenvalue weighted by molar-refractivity contribution is 5.97. The molecule has 0 aromatic heterocycles. The summed E-state index contributed by atoms with van der Waals surface area (Å²) in [6.45, 7) is 6.23. The van der Waals surface area contributed by atoms with Gasteiger partial charge in [0.25, 0.3) is 5.91 Å². The molecule has 2 aliphatic heterocycles. The standard InChI is InChI=1S/C22H28N2O3/c1-17(2)13-19(14-23)21(25)24-11-10-22(9-6-12-27-22)20(15-24)26-16-18-7-4-3-5-8-18/h3-5,7-8,13,17,20H,6,9-12,15-16H2,1-2H3. The monoisotopic (exact) mass is 368 g/mol. The summed E-state index contributed by atoms with van der Waals surface area (Å²) in [5, 5.41) is 9.38. The molecule has 5 heteroatoms. The van der Waals surface area contributed by atoms with Crippen LogP contribution < -0.4 is 0 Å². The maximum atomic E-state index is 12.8. The molecule has 144 valence electrons. The Bertz CT molecular complexity index is 715. The van der Waals surface area contributed by atoms with Crippen LogP contribution in [0.25, 0.3) is 0 Å². The number of rotatable bonds is 5. The Morgan fingerprint density at radius 2 is 2.19 bits per heavy atom. The van der Waals surface area contributed by atoms with Crippen molar-refractivity contribution in [2.24, 2.45) is 5.92 Å². The summed E-state index contributed by atoms with van der Waals surface area (Å²) >= 11 is 0. The Morgan fingerprint density at radius 1 is 1.41 bits per heavy atom. The minimum absolute atomic E-state index is 0.156. The lowest BCUT2D eigenvalue weighted by Crippen LogP contribution is -2.57. The molecule has 2 aliphatic rings. The van der Waals surface area contributed by atoms with E-state index in [0.29, 0.717) is 19.7 Å². The molecule has 0 N–H and O–H groups in total. The summed E-state index contributed by atoms with van der Waals surface area (Å²) in [6.07, 6.45) is 4.28. The zero-order valence-corrected chi connectivity index (χ0v) is 16.2. The Balaban J connectivity index is 1.73. The number of piperidine rings is 1. The SMILES string of the molecule is CC(C)C=C(C#N)C(=O)N1CCC2(CCCO2)C(OCc2ccccc2)C1. The number of nitrogens with zero attached hydrogens (tertiary/aromatic N) is 2. The quantitative estimate of drug-likeness (QED) is 0.590. The molecule has 1 aromatic carbocycles. The first-order valence-electron chi connectivity index (χ1n) is 9.75. The zero-order chi connectivity index (χ0) is 19.3. The highest BCUT2D eigenvalue weighted by Gasteiger charge is 2.48. The molecule has 2 unspecified atom stereocenters. The largest absolute Gasteiger partial charge is 0.372 e. The van der Waals surface area contributed by atoms with E-state index in [1.807, 2.05) is 44.2 Å². The summed E-state index contributed by atoms with van der Waals surface area (Å²) in [5.41, 5.74) is 1.02. The minimum atomic E-state index is -0.305. The van der Waals surface area contributed by atoms with Gasteiger partial charge in [-0.2, -0.15) is 5.26 Å². The van der Waals surface area contributed by atoms with E-state index in [0.717, 1.165) is 31.4 Å². The lowest BCUT2D eigenvalue weighted by atomic mass is 9.85. The van der Waals surface area contributed by atoms with E-state index < -0.39 is 0 Å². The summed E-state index contributed by atoms with van der Waals surface area (Å²) < 4.78 is 12.4. The molecule has 1 amide bonds. The van der Waals surface area contributed by atoms with Crippen molar-refractivity contribution >= 4 is 5.91 Å². The number of ether oxygens (including phenoxy) is 2. The lowest BCUT2D eigenvalue weighted by molar-refractivity contribution is -0.166. The molecule has 1 aromatic rings. The Kier molecular flexibility index (Phi) is 6.30. The van der Waals surface area contributed by atoms with E-state index in [4.69, 9.17) is 9.47 Å². The van der Waals surface area contributed by atoms with Crippen LogP contribution in [0, 0.1) is 17.2 Å². The van der Waals surface area contributed by atoms with Gasteiger partial charge in [-0.15, -0.1) is 0 Å². The van der Waals surface area contributed by atoms with E-state index in [2.05, 4.69) is 6.07 Å². The zero-order valence-electron chi connectivity index (χ0n) is 16.2. The van der Waals surface area contributed by atoms with Gasteiger partial charge in [-0.05, 0) is 30.7 Å². The second-order valence-corrected chi connectivity index (χ2v) is 7.74.